The molecule has 0 spiro atoms. The van der Waals surface area contributed by atoms with E-state index in [1.165, 1.54) is 5.56 Å². The van der Waals surface area contributed by atoms with E-state index in [0.717, 1.165) is 35.6 Å². The highest BCUT2D eigenvalue weighted by Crippen LogP contribution is 2.29. The number of rotatable bonds is 12. The smallest absolute Gasteiger partial charge is 0.379 e. The minimum Gasteiger partial charge on any atom is -0.497 e. The third-order valence-corrected chi connectivity index (χ3v) is 6.55. The Balaban J connectivity index is 1.39. The van der Waals surface area contributed by atoms with Crippen LogP contribution < -0.4 is 9.47 Å². The van der Waals surface area contributed by atoms with Gasteiger partial charge in [0.25, 0.3) is 0 Å². The van der Waals surface area contributed by atoms with Crippen molar-refractivity contribution in [1.82, 2.24) is 4.98 Å². The molecule has 0 N–H and O–H groups in total. The minimum atomic E-state index is -0.656. The molecule has 5 nitrogen and oxygen atoms in total. The highest BCUT2D eigenvalue weighted by molar-refractivity contribution is 7.98. The van der Waals surface area contributed by atoms with Crippen LogP contribution in [0.2, 0.25) is 10.0 Å². The van der Waals surface area contributed by atoms with Gasteiger partial charge >= 0.3 is 5.97 Å². The molecule has 0 unspecified atom stereocenters. The number of esters is 1. The lowest BCUT2D eigenvalue weighted by atomic mass is 10.1. The Bertz CT molecular complexity index is 1120. The number of carbonyl (C=O) groups excluding carboxylic acids is 1. The summed E-state index contributed by atoms with van der Waals surface area (Å²) in [6, 6.07) is 18.7. The molecule has 0 aliphatic carbocycles. The van der Waals surface area contributed by atoms with Crippen LogP contribution in [0.5, 0.6) is 11.6 Å². The van der Waals surface area contributed by atoms with Crippen LogP contribution in [-0.2, 0) is 21.7 Å². The fraction of sp³-hybridized carbons (Fsp3) is 0.231. The number of pyridine rings is 1. The molecule has 178 valence electrons. The van der Waals surface area contributed by atoms with E-state index in [2.05, 4.69) is 11.6 Å². The molecule has 0 radical (unpaired) electrons. The van der Waals surface area contributed by atoms with Crippen molar-refractivity contribution in [2.75, 3.05) is 13.7 Å². The monoisotopic (exact) mass is 517 g/mol. The van der Waals surface area contributed by atoms with E-state index < -0.39 is 5.97 Å². The summed E-state index contributed by atoms with van der Waals surface area (Å²) in [5, 5.41) is 1.01. The Morgan fingerprint density at radius 2 is 1.82 bits per heavy atom. The number of nitrogens with zero attached hydrogens (tertiary/aromatic N) is 1. The predicted molar refractivity (Wildman–Crippen MR) is 137 cm³/mol. The third kappa shape index (κ3) is 8.28. The van der Waals surface area contributed by atoms with Gasteiger partial charge in [0.1, 0.15) is 5.75 Å². The number of methoxy groups -OCH3 is 1. The fourth-order valence-electron chi connectivity index (χ4n) is 2.95. The maximum atomic E-state index is 12.3. The van der Waals surface area contributed by atoms with Crippen LogP contribution in [0.25, 0.3) is 0 Å². The summed E-state index contributed by atoms with van der Waals surface area (Å²) in [6.45, 7) is 4.06. The van der Waals surface area contributed by atoms with Gasteiger partial charge in [0, 0.05) is 16.7 Å². The van der Waals surface area contributed by atoms with Crippen LogP contribution in [0.4, 0.5) is 0 Å². The first kappa shape index (κ1) is 25.9. The van der Waals surface area contributed by atoms with Gasteiger partial charge in [0.15, 0.2) is 5.76 Å². The van der Waals surface area contributed by atoms with E-state index in [1.807, 2.05) is 36.4 Å². The highest BCUT2D eigenvalue weighted by atomic mass is 35.5. The van der Waals surface area contributed by atoms with E-state index in [4.69, 9.17) is 37.4 Å². The lowest BCUT2D eigenvalue weighted by molar-refractivity contribution is -0.134. The standard InChI is InChI=1S/C26H25Cl2NO4S/c1-18(32-15-4-3-6-19-9-11-21(31-2)12-10-19)26(30)33-25-8-5-7-20(29-25)17-34-22-13-14-23(27)24(28)16-22/h5,7-14,16H,1,3-4,6,15,17H2,2H3. The molecule has 0 bridgehead atoms. The number of hydrogen-bond donors (Lipinski definition) is 0. The van der Waals surface area contributed by atoms with Crippen LogP contribution in [0.3, 0.4) is 0 Å². The van der Waals surface area contributed by atoms with Gasteiger partial charge in [-0.2, -0.15) is 0 Å². The van der Waals surface area contributed by atoms with Crippen LogP contribution in [0.15, 0.2) is 77.9 Å². The maximum absolute atomic E-state index is 12.3. The van der Waals surface area contributed by atoms with E-state index in [0.29, 0.717) is 22.4 Å². The second-order valence-electron chi connectivity index (χ2n) is 7.30. The second kappa shape index (κ2) is 13.3. The van der Waals surface area contributed by atoms with Gasteiger partial charge in [-0.05, 0) is 67.8 Å². The molecule has 1 heterocycles. The van der Waals surface area contributed by atoms with Crippen molar-refractivity contribution in [3.63, 3.8) is 0 Å². The summed E-state index contributed by atoms with van der Waals surface area (Å²) < 4.78 is 15.9. The van der Waals surface area contributed by atoms with Crippen molar-refractivity contribution >= 4 is 40.9 Å². The Morgan fingerprint density at radius 3 is 2.56 bits per heavy atom. The van der Waals surface area contributed by atoms with Gasteiger partial charge in [0.2, 0.25) is 5.88 Å². The van der Waals surface area contributed by atoms with Crippen LogP contribution in [0, 0.1) is 0 Å². The molecule has 3 aromatic rings. The van der Waals surface area contributed by atoms with Gasteiger partial charge in [-0.25, -0.2) is 9.78 Å². The van der Waals surface area contributed by atoms with Gasteiger partial charge in [-0.3, -0.25) is 0 Å². The first-order chi connectivity index (χ1) is 16.4. The van der Waals surface area contributed by atoms with Crippen LogP contribution in [0.1, 0.15) is 24.1 Å². The van der Waals surface area contributed by atoms with Gasteiger partial charge in [0.05, 0.1) is 29.5 Å². The molecule has 1 aromatic heterocycles. The maximum Gasteiger partial charge on any atom is 0.379 e. The second-order valence-corrected chi connectivity index (χ2v) is 9.16. The van der Waals surface area contributed by atoms with Crippen molar-refractivity contribution in [3.8, 4) is 11.6 Å². The van der Waals surface area contributed by atoms with E-state index in [9.17, 15) is 4.79 Å². The van der Waals surface area contributed by atoms with Crippen LogP contribution in [-0.4, -0.2) is 24.7 Å². The van der Waals surface area contributed by atoms with E-state index in [-0.39, 0.29) is 11.6 Å². The summed E-state index contributed by atoms with van der Waals surface area (Å²) in [7, 11) is 1.65. The van der Waals surface area contributed by atoms with Crippen LogP contribution >= 0.6 is 35.0 Å². The summed E-state index contributed by atoms with van der Waals surface area (Å²) >= 11 is 13.6. The molecule has 0 atom stereocenters. The average Bonchev–Trinajstić information content (AvgIpc) is 2.85. The van der Waals surface area contributed by atoms with Gasteiger partial charge < -0.3 is 14.2 Å². The Hall–Kier alpha value is -2.67. The highest BCUT2D eigenvalue weighted by Gasteiger charge is 2.13. The zero-order valence-corrected chi connectivity index (χ0v) is 21.1. The Labute approximate surface area is 214 Å². The largest absolute Gasteiger partial charge is 0.497 e. The number of thioether (sulfide) groups is 1. The summed E-state index contributed by atoms with van der Waals surface area (Å²) in [6.07, 6.45) is 2.63. The normalized spacial score (nSPS) is 10.6. The molecular formula is C26H25Cl2NO4S. The Kier molecular flexibility index (Phi) is 10.1. The number of hydrogen-bond acceptors (Lipinski definition) is 6. The molecule has 0 aliphatic heterocycles. The number of ether oxygens (including phenoxy) is 3. The zero-order valence-electron chi connectivity index (χ0n) is 18.8. The number of aryl methyl sites for hydroxylation is 1. The van der Waals surface area contributed by atoms with Crippen molar-refractivity contribution in [2.45, 2.75) is 29.9 Å². The summed E-state index contributed by atoms with van der Waals surface area (Å²) in [5.41, 5.74) is 1.98. The van der Waals surface area contributed by atoms with E-state index in [1.54, 1.807) is 43.1 Å². The number of benzene rings is 2. The molecule has 2 aromatic carbocycles. The van der Waals surface area contributed by atoms with E-state index >= 15 is 0 Å². The minimum absolute atomic E-state index is 0.0400. The molecule has 34 heavy (non-hydrogen) atoms. The molecule has 0 saturated carbocycles. The lowest BCUT2D eigenvalue weighted by Crippen LogP contribution is -2.14. The van der Waals surface area contributed by atoms with Crippen molar-refractivity contribution in [2.24, 2.45) is 0 Å². The SMILES string of the molecule is C=C(OCCCCc1ccc(OC)cc1)C(=O)Oc1cccc(CSc2ccc(Cl)c(Cl)c2)n1. The number of aromatic nitrogens is 1. The fourth-order valence-corrected chi connectivity index (χ4v) is 4.15. The third-order valence-electron chi connectivity index (χ3n) is 4.78. The summed E-state index contributed by atoms with van der Waals surface area (Å²) in [4.78, 5) is 17.6. The molecule has 0 fully saturated rings. The number of unbranched alkanes of at least 4 members (excludes halogenated alkanes) is 1. The molecule has 3 rings (SSSR count). The topological polar surface area (TPSA) is 57.7 Å². The molecule has 0 aliphatic rings. The number of carbonyl (C=O) groups is 1. The zero-order chi connectivity index (χ0) is 24.3. The predicted octanol–water partition coefficient (Wildman–Crippen LogP) is 7.15. The molecule has 0 saturated heterocycles. The van der Waals surface area contributed by atoms with Gasteiger partial charge in [-0.1, -0.05) is 41.4 Å². The summed E-state index contributed by atoms with van der Waals surface area (Å²) in [5.74, 6) is 0.919. The first-order valence-electron chi connectivity index (χ1n) is 10.6. The molecule has 0 amide bonds. The van der Waals surface area contributed by atoms with Crippen molar-refractivity contribution < 1.29 is 19.0 Å². The lowest BCUT2D eigenvalue weighted by Gasteiger charge is -2.09. The van der Waals surface area contributed by atoms with Gasteiger partial charge in [-0.15, -0.1) is 11.8 Å². The molecular weight excluding hydrogens is 493 g/mol. The average molecular weight is 518 g/mol. The first-order valence-corrected chi connectivity index (χ1v) is 12.4. The number of halogens is 2. The van der Waals surface area contributed by atoms with Crippen molar-refractivity contribution in [1.29, 1.82) is 0 Å². The van der Waals surface area contributed by atoms with Crippen molar-refractivity contribution in [3.05, 3.63) is 94.3 Å². The quantitative estimate of drug-likeness (QED) is 0.0835. The molecule has 8 heteroatoms. The Morgan fingerprint density at radius 1 is 1.03 bits per heavy atom.